The highest BCUT2D eigenvalue weighted by atomic mass is 16.5. The lowest BCUT2D eigenvalue weighted by atomic mass is 9.87. The Balaban J connectivity index is 0.998. The van der Waals surface area contributed by atoms with Gasteiger partial charge in [0.1, 0.15) is 17.6 Å². The van der Waals surface area contributed by atoms with E-state index in [9.17, 15) is 5.26 Å². The number of hydrogen-bond donors (Lipinski definition) is 0. The van der Waals surface area contributed by atoms with E-state index in [1.165, 1.54) is 24.8 Å². The molecule has 2 atom stereocenters. The van der Waals surface area contributed by atoms with Gasteiger partial charge in [0.2, 0.25) is 5.88 Å². The minimum absolute atomic E-state index is 0.504. The van der Waals surface area contributed by atoms with Crippen LogP contribution in [0.1, 0.15) is 36.8 Å². The Labute approximate surface area is 270 Å². The molecule has 4 aliphatic heterocycles. The van der Waals surface area contributed by atoms with Crippen molar-refractivity contribution in [2.24, 2.45) is 5.92 Å². The maximum atomic E-state index is 9.82. The van der Waals surface area contributed by atoms with Gasteiger partial charge in [-0.05, 0) is 68.5 Å². The summed E-state index contributed by atoms with van der Waals surface area (Å²) >= 11 is 0. The van der Waals surface area contributed by atoms with E-state index in [2.05, 4.69) is 49.1 Å². The Hall–Kier alpha value is -4.24. The Bertz CT molecular complexity index is 1650. The van der Waals surface area contributed by atoms with Crippen molar-refractivity contribution in [1.82, 2.24) is 29.4 Å². The highest BCUT2D eigenvalue weighted by Gasteiger charge is 2.44. The van der Waals surface area contributed by atoms with E-state index in [-0.39, 0.29) is 0 Å². The lowest BCUT2D eigenvalue weighted by Gasteiger charge is -2.56. The van der Waals surface area contributed by atoms with Crippen LogP contribution in [0, 0.1) is 17.2 Å². The van der Waals surface area contributed by atoms with E-state index in [4.69, 9.17) is 19.2 Å². The number of pyridine rings is 3. The third-order valence-corrected chi connectivity index (χ3v) is 9.92. The van der Waals surface area contributed by atoms with Crippen molar-refractivity contribution in [3.05, 3.63) is 66.2 Å². The van der Waals surface area contributed by atoms with E-state index in [1.807, 2.05) is 30.7 Å². The number of ether oxygens (including phenoxy) is 3. The van der Waals surface area contributed by atoms with Crippen LogP contribution >= 0.6 is 0 Å². The van der Waals surface area contributed by atoms with Gasteiger partial charge in [0.15, 0.2) is 0 Å². The van der Waals surface area contributed by atoms with Gasteiger partial charge >= 0.3 is 0 Å². The molecule has 8 rings (SSSR count). The monoisotopic (exact) mass is 622 g/mol. The highest BCUT2D eigenvalue weighted by Crippen LogP contribution is 2.37. The van der Waals surface area contributed by atoms with Gasteiger partial charge in [0, 0.05) is 75.0 Å². The van der Waals surface area contributed by atoms with Crippen LogP contribution in [0.2, 0.25) is 0 Å². The molecule has 2 unspecified atom stereocenters. The maximum absolute atomic E-state index is 9.82. The molecule has 46 heavy (non-hydrogen) atoms. The summed E-state index contributed by atoms with van der Waals surface area (Å²) in [6.07, 6.45) is 12.0. The molecule has 0 saturated carbocycles. The smallest absolute Gasteiger partial charge is 0.212 e. The molecule has 4 aromatic rings. The molecule has 2 bridgehead atoms. The Kier molecular flexibility index (Phi) is 9.01. The van der Waals surface area contributed by atoms with Crippen molar-refractivity contribution in [2.75, 3.05) is 65.1 Å². The number of hydrogen-bond acceptors (Lipinski definition) is 10. The van der Waals surface area contributed by atoms with Gasteiger partial charge in [-0.25, -0.2) is 14.5 Å². The fourth-order valence-corrected chi connectivity index (χ4v) is 7.24. The predicted octanol–water partition coefficient (Wildman–Crippen LogP) is 4.26. The zero-order valence-corrected chi connectivity index (χ0v) is 26.7. The fraction of sp³-hybridized carbons (Fsp3) is 0.486. The number of piperazine rings is 1. The Morgan fingerprint density at radius 2 is 1.83 bits per heavy atom. The van der Waals surface area contributed by atoms with Crippen molar-refractivity contribution in [2.45, 2.75) is 44.3 Å². The van der Waals surface area contributed by atoms with E-state index in [0.717, 1.165) is 80.5 Å². The lowest BCUT2D eigenvalue weighted by molar-refractivity contribution is -0.00876. The first-order valence-corrected chi connectivity index (χ1v) is 16.3. The topological polar surface area (TPSA) is 104 Å². The van der Waals surface area contributed by atoms with Gasteiger partial charge in [0.05, 0.1) is 43.8 Å². The molecule has 11 nitrogen and oxygen atoms in total. The zero-order valence-electron chi connectivity index (χ0n) is 26.7. The second kappa shape index (κ2) is 13.6. The average molecular weight is 623 g/mol. The molecule has 0 amide bonds. The number of rotatable bonds is 12. The molecular weight excluding hydrogens is 580 g/mol. The molecule has 8 heterocycles. The van der Waals surface area contributed by atoms with Crippen molar-refractivity contribution in [3.63, 3.8) is 0 Å². The van der Waals surface area contributed by atoms with Crippen LogP contribution in [0.15, 0.2) is 55.1 Å². The van der Waals surface area contributed by atoms with Crippen molar-refractivity contribution in [3.8, 4) is 28.8 Å². The first kappa shape index (κ1) is 30.4. The van der Waals surface area contributed by atoms with Crippen LogP contribution in [0.4, 0.5) is 5.82 Å². The van der Waals surface area contributed by atoms with Crippen LogP contribution in [0.25, 0.3) is 16.6 Å². The second-order valence-electron chi connectivity index (χ2n) is 12.7. The molecule has 0 spiro atoms. The van der Waals surface area contributed by atoms with Crippen LogP contribution in [-0.4, -0.2) is 102 Å². The van der Waals surface area contributed by atoms with Gasteiger partial charge in [-0.1, -0.05) is 6.07 Å². The number of piperidine rings is 2. The number of methoxy groups -OCH3 is 2. The summed E-state index contributed by atoms with van der Waals surface area (Å²) in [5, 5.41) is 14.3. The van der Waals surface area contributed by atoms with Gasteiger partial charge < -0.3 is 24.0 Å². The van der Waals surface area contributed by atoms with Gasteiger partial charge in [-0.3, -0.25) is 4.90 Å². The molecule has 4 fully saturated rings. The van der Waals surface area contributed by atoms with Crippen molar-refractivity contribution >= 4 is 11.3 Å². The molecule has 0 aromatic carbocycles. The zero-order chi connectivity index (χ0) is 31.5. The van der Waals surface area contributed by atoms with Crippen molar-refractivity contribution < 1.29 is 14.2 Å². The normalized spacial score (nSPS) is 20.4. The van der Waals surface area contributed by atoms with Crippen LogP contribution < -0.4 is 14.4 Å². The number of anilines is 1. The summed E-state index contributed by atoms with van der Waals surface area (Å²) in [5.74, 6) is 3.04. The number of fused-ring (bicyclic) bond motifs is 3. The summed E-state index contributed by atoms with van der Waals surface area (Å²) in [6.45, 7) is 7.50. The Morgan fingerprint density at radius 1 is 0.978 bits per heavy atom. The largest absolute Gasteiger partial charge is 0.492 e. The summed E-state index contributed by atoms with van der Waals surface area (Å²) in [6, 6.07) is 13.6. The maximum Gasteiger partial charge on any atom is 0.212 e. The summed E-state index contributed by atoms with van der Waals surface area (Å²) in [7, 11) is 3.40. The van der Waals surface area contributed by atoms with Crippen molar-refractivity contribution in [1.29, 1.82) is 5.26 Å². The summed E-state index contributed by atoms with van der Waals surface area (Å²) in [4.78, 5) is 16.7. The first-order valence-electron chi connectivity index (χ1n) is 16.3. The predicted molar refractivity (Wildman–Crippen MR) is 175 cm³/mol. The fourth-order valence-electron chi connectivity index (χ4n) is 7.24. The van der Waals surface area contributed by atoms with E-state index in [0.29, 0.717) is 36.1 Å². The molecular formula is C35H42N8O3. The van der Waals surface area contributed by atoms with Crippen LogP contribution in [0.5, 0.6) is 11.6 Å². The second-order valence-corrected chi connectivity index (χ2v) is 12.7. The third-order valence-electron chi connectivity index (χ3n) is 9.92. The summed E-state index contributed by atoms with van der Waals surface area (Å²) in [5.41, 5.74) is 4.36. The molecule has 4 saturated heterocycles. The third kappa shape index (κ3) is 6.38. The lowest BCUT2D eigenvalue weighted by Crippen LogP contribution is -2.68. The molecule has 0 aliphatic carbocycles. The van der Waals surface area contributed by atoms with Crippen LogP contribution in [-0.2, 0) is 11.3 Å². The number of nitriles is 1. The van der Waals surface area contributed by atoms with E-state index >= 15 is 0 Å². The minimum atomic E-state index is 0.504. The number of likely N-dealkylation sites (tertiary alicyclic amines) is 1. The van der Waals surface area contributed by atoms with Crippen LogP contribution in [0.3, 0.4) is 0 Å². The van der Waals surface area contributed by atoms with E-state index in [1.54, 1.807) is 24.9 Å². The average Bonchev–Trinajstić information content (AvgIpc) is 3.53. The highest BCUT2D eigenvalue weighted by molar-refractivity contribution is 5.85. The first-order chi connectivity index (χ1) is 22.6. The molecule has 240 valence electrons. The van der Waals surface area contributed by atoms with Gasteiger partial charge in [0.25, 0.3) is 0 Å². The molecule has 4 aliphatic rings. The standard InChI is InChI=1S/C35H42N8O3/c1-44-14-12-40-10-7-25(8-11-40)9-13-46-31-16-32(35-28(17-36)20-39-43(35)24-31)27-4-5-33(37-19-27)41-22-29-15-30(23-41)42(29)21-26-3-6-34(45-2)38-18-26/h3-6,16,18-20,24-25,29-30H,7-15,21-23H2,1-2H3. The molecule has 0 N–H and O–H groups in total. The Morgan fingerprint density at radius 3 is 2.52 bits per heavy atom. The number of nitrogens with zero attached hydrogens (tertiary/aromatic N) is 8. The SMILES string of the molecule is COCCN1CCC(CCOc2cc(-c3ccc(N4CC5CC(C4)N5Cc4ccc(OC)nc4)nc3)c3c(C#N)cnn3c2)CC1. The molecule has 0 radical (unpaired) electrons. The summed E-state index contributed by atoms with van der Waals surface area (Å²) < 4.78 is 18.5. The molecule has 4 aromatic heterocycles. The minimum Gasteiger partial charge on any atom is -0.492 e. The van der Waals surface area contributed by atoms with Gasteiger partial charge in [-0.2, -0.15) is 10.4 Å². The quantitative estimate of drug-likeness (QED) is 0.228. The molecule has 11 heteroatoms. The van der Waals surface area contributed by atoms with E-state index < -0.39 is 0 Å². The van der Waals surface area contributed by atoms with Gasteiger partial charge in [-0.15, -0.1) is 0 Å². The number of aromatic nitrogens is 4.